The highest BCUT2D eigenvalue weighted by Crippen LogP contribution is 2.38. The molecule has 4 rings (SSSR count). The third-order valence-corrected chi connectivity index (χ3v) is 9.86. The Balaban J connectivity index is 1.55. The first-order valence-electron chi connectivity index (χ1n) is 12.6. The van der Waals surface area contributed by atoms with Crippen LogP contribution in [0, 0.1) is 11.8 Å². The highest BCUT2D eigenvalue weighted by molar-refractivity contribution is 7.89. The van der Waals surface area contributed by atoms with E-state index < -0.39 is 21.9 Å². The molecular formula is C26H35N3O5S2. The highest BCUT2D eigenvalue weighted by atomic mass is 32.2. The van der Waals surface area contributed by atoms with Gasteiger partial charge in [-0.1, -0.05) is 20.8 Å². The number of esters is 1. The lowest BCUT2D eigenvalue weighted by Gasteiger charge is -2.34. The second-order valence-electron chi connectivity index (χ2n) is 9.79. The summed E-state index contributed by atoms with van der Waals surface area (Å²) in [5.41, 5.74) is 1.71. The van der Waals surface area contributed by atoms with Crippen molar-refractivity contribution < 1.29 is 22.7 Å². The van der Waals surface area contributed by atoms with Crippen molar-refractivity contribution in [1.82, 2.24) is 9.21 Å². The molecule has 1 saturated heterocycles. The molecule has 2 aliphatic heterocycles. The molecule has 1 aromatic heterocycles. The van der Waals surface area contributed by atoms with E-state index >= 15 is 0 Å². The van der Waals surface area contributed by atoms with Gasteiger partial charge in [0.2, 0.25) is 10.0 Å². The van der Waals surface area contributed by atoms with E-state index in [4.69, 9.17) is 4.74 Å². The van der Waals surface area contributed by atoms with Gasteiger partial charge in [0.05, 0.1) is 17.1 Å². The number of benzene rings is 1. The molecule has 0 aliphatic carbocycles. The molecule has 0 saturated carbocycles. The molecule has 8 nitrogen and oxygen atoms in total. The second kappa shape index (κ2) is 11.0. The second-order valence-corrected chi connectivity index (χ2v) is 12.8. The summed E-state index contributed by atoms with van der Waals surface area (Å²) in [6, 6.07) is 6.02. The van der Waals surface area contributed by atoms with E-state index in [-0.39, 0.29) is 11.5 Å². The van der Waals surface area contributed by atoms with Gasteiger partial charge in [-0.05, 0) is 68.0 Å². The molecule has 0 unspecified atom stereocenters. The molecule has 2 aliphatic rings. The minimum atomic E-state index is -3.63. The molecule has 0 spiro atoms. The van der Waals surface area contributed by atoms with Crippen molar-refractivity contribution in [3.8, 4) is 0 Å². The molecule has 0 radical (unpaired) electrons. The Morgan fingerprint density at radius 2 is 1.78 bits per heavy atom. The zero-order valence-corrected chi connectivity index (χ0v) is 23.0. The Hall–Kier alpha value is -2.27. The zero-order chi connectivity index (χ0) is 26.0. The summed E-state index contributed by atoms with van der Waals surface area (Å²) in [6.07, 6.45) is 1.74. The summed E-state index contributed by atoms with van der Waals surface area (Å²) in [4.78, 5) is 29.4. The van der Waals surface area contributed by atoms with Crippen LogP contribution >= 0.6 is 11.3 Å². The number of hydrogen-bond acceptors (Lipinski definition) is 7. The van der Waals surface area contributed by atoms with Crippen molar-refractivity contribution in [1.29, 1.82) is 0 Å². The number of thiophene rings is 1. The van der Waals surface area contributed by atoms with Gasteiger partial charge in [0.25, 0.3) is 5.91 Å². The van der Waals surface area contributed by atoms with E-state index in [9.17, 15) is 18.0 Å². The van der Waals surface area contributed by atoms with Crippen molar-refractivity contribution in [3.63, 3.8) is 0 Å². The molecule has 36 heavy (non-hydrogen) atoms. The van der Waals surface area contributed by atoms with Crippen LogP contribution in [0.15, 0.2) is 29.2 Å². The molecule has 10 heteroatoms. The Kier molecular flexibility index (Phi) is 8.18. The molecule has 1 amide bonds. The van der Waals surface area contributed by atoms with E-state index in [0.29, 0.717) is 41.1 Å². The van der Waals surface area contributed by atoms with Gasteiger partial charge in [-0.3, -0.25) is 9.69 Å². The third kappa shape index (κ3) is 5.51. The minimum Gasteiger partial charge on any atom is -0.462 e. The van der Waals surface area contributed by atoms with Crippen LogP contribution in [-0.4, -0.2) is 62.3 Å². The van der Waals surface area contributed by atoms with Gasteiger partial charge in [-0.2, -0.15) is 4.31 Å². The zero-order valence-electron chi connectivity index (χ0n) is 21.4. The molecule has 2 atom stereocenters. The summed E-state index contributed by atoms with van der Waals surface area (Å²) in [5, 5.41) is 3.37. The number of carbonyl (C=O) groups excluding carboxylic acids is 2. The average Bonchev–Trinajstić information content (AvgIpc) is 3.20. The number of hydrogen-bond donors (Lipinski definition) is 1. The van der Waals surface area contributed by atoms with Crippen LogP contribution in [0.5, 0.6) is 0 Å². The van der Waals surface area contributed by atoms with E-state index in [2.05, 4.69) is 31.0 Å². The monoisotopic (exact) mass is 533 g/mol. The Labute approximate surface area is 217 Å². The SMILES string of the molecule is CCOC(=O)c1c(NC(=O)c2ccc(S(=O)(=O)N3C[C@H](C)C[C@@H](C)C3)cc2)sc2c1CCN(CC)C2. The summed E-state index contributed by atoms with van der Waals surface area (Å²) >= 11 is 1.41. The van der Waals surface area contributed by atoms with Crippen LogP contribution in [0.4, 0.5) is 5.00 Å². The van der Waals surface area contributed by atoms with Crippen molar-refractivity contribution >= 4 is 38.2 Å². The van der Waals surface area contributed by atoms with Gasteiger partial charge in [0, 0.05) is 36.6 Å². The van der Waals surface area contributed by atoms with Crippen LogP contribution in [0.1, 0.15) is 65.3 Å². The summed E-state index contributed by atoms with van der Waals surface area (Å²) in [7, 11) is -3.63. The van der Waals surface area contributed by atoms with Gasteiger partial charge in [-0.25, -0.2) is 13.2 Å². The van der Waals surface area contributed by atoms with E-state index in [1.165, 1.54) is 35.6 Å². The predicted octanol–water partition coefficient (Wildman–Crippen LogP) is 4.22. The normalized spacial score (nSPS) is 21.1. The Morgan fingerprint density at radius 3 is 2.39 bits per heavy atom. The molecule has 1 aromatic carbocycles. The first-order valence-corrected chi connectivity index (χ1v) is 14.8. The molecule has 1 N–H and O–H groups in total. The quantitative estimate of drug-likeness (QED) is 0.536. The number of carbonyl (C=O) groups is 2. The maximum Gasteiger partial charge on any atom is 0.341 e. The van der Waals surface area contributed by atoms with Crippen LogP contribution in [-0.2, 0) is 27.7 Å². The van der Waals surface area contributed by atoms with Crippen LogP contribution in [0.25, 0.3) is 0 Å². The number of nitrogens with zero attached hydrogens (tertiary/aromatic N) is 2. The van der Waals surface area contributed by atoms with E-state index in [1.807, 2.05) is 0 Å². The first kappa shape index (κ1) is 26.8. The highest BCUT2D eigenvalue weighted by Gasteiger charge is 2.32. The number of rotatable bonds is 7. The van der Waals surface area contributed by atoms with Crippen molar-refractivity contribution in [2.75, 3.05) is 38.1 Å². The molecule has 0 bridgehead atoms. The number of anilines is 1. The van der Waals surface area contributed by atoms with Crippen LogP contribution < -0.4 is 5.32 Å². The summed E-state index contributed by atoms with van der Waals surface area (Å²) in [5.74, 6) is -0.205. The fraction of sp³-hybridized carbons (Fsp3) is 0.538. The maximum absolute atomic E-state index is 13.2. The topological polar surface area (TPSA) is 96.0 Å². The first-order chi connectivity index (χ1) is 17.1. The number of amides is 1. The Bertz CT molecular complexity index is 1210. The van der Waals surface area contributed by atoms with Gasteiger partial charge in [0.15, 0.2) is 0 Å². The molecule has 1 fully saturated rings. The van der Waals surface area contributed by atoms with Crippen LogP contribution in [0.2, 0.25) is 0 Å². The number of fused-ring (bicyclic) bond motifs is 1. The van der Waals surface area contributed by atoms with Gasteiger partial charge >= 0.3 is 5.97 Å². The lowest BCUT2D eigenvalue weighted by Crippen LogP contribution is -2.42. The fourth-order valence-corrected chi connectivity index (χ4v) is 8.09. The number of ether oxygens (including phenoxy) is 1. The number of likely N-dealkylation sites (N-methyl/N-ethyl adjacent to an activating group) is 1. The van der Waals surface area contributed by atoms with Crippen molar-refractivity contribution in [2.45, 2.75) is 52.0 Å². The Morgan fingerprint density at radius 1 is 1.11 bits per heavy atom. The van der Waals surface area contributed by atoms with E-state index in [0.717, 1.165) is 42.9 Å². The van der Waals surface area contributed by atoms with Crippen LogP contribution in [0.3, 0.4) is 0 Å². The third-order valence-electron chi connectivity index (χ3n) is 6.88. The molecular weight excluding hydrogens is 498 g/mol. The standard InChI is InChI=1S/C26H35N3O5S2/c1-5-28-12-11-21-22(16-28)35-25(23(21)26(31)34-6-2)27-24(30)19-7-9-20(10-8-19)36(32,33)29-14-17(3)13-18(4)15-29/h7-10,17-18H,5-6,11-16H2,1-4H3,(H,27,30)/t17-,18-/m1/s1. The maximum atomic E-state index is 13.2. The molecule has 2 aromatic rings. The smallest absolute Gasteiger partial charge is 0.341 e. The number of sulfonamides is 1. The summed E-state index contributed by atoms with van der Waals surface area (Å²) in [6.45, 7) is 11.8. The fourth-order valence-electron chi connectivity index (χ4n) is 5.14. The minimum absolute atomic E-state index is 0.179. The number of piperidine rings is 1. The molecule has 196 valence electrons. The lowest BCUT2D eigenvalue weighted by molar-refractivity contribution is 0.0526. The predicted molar refractivity (Wildman–Crippen MR) is 141 cm³/mol. The summed E-state index contributed by atoms with van der Waals surface area (Å²) < 4.78 is 33.2. The van der Waals surface area contributed by atoms with Crippen molar-refractivity contribution in [3.05, 3.63) is 45.8 Å². The lowest BCUT2D eigenvalue weighted by atomic mass is 9.94. The van der Waals surface area contributed by atoms with Gasteiger partial charge < -0.3 is 10.1 Å². The van der Waals surface area contributed by atoms with E-state index in [1.54, 1.807) is 11.2 Å². The number of nitrogens with one attached hydrogen (secondary N) is 1. The van der Waals surface area contributed by atoms with Crippen molar-refractivity contribution in [2.24, 2.45) is 11.8 Å². The molecule has 3 heterocycles. The van der Waals surface area contributed by atoms with Gasteiger partial charge in [-0.15, -0.1) is 11.3 Å². The largest absolute Gasteiger partial charge is 0.462 e. The van der Waals surface area contributed by atoms with Gasteiger partial charge in [0.1, 0.15) is 5.00 Å². The average molecular weight is 534 g/mol.